The normalized spacial score (nSPS) is 11.0. The summed E-state index contributed by atoms with van der Waals surface area (Å²) in [6.45, 7) is 0.499. The largest absolute Gasteiger partial charge is 0.489 e. The fourth-order valence-electron chi connectivity index (χ4n) is 3.30. The van der Waals surface area contributed by atoms with E-state index in [0.717, 1.165) is 37.7 Å². The van der Waals surface area contributed by atoms with E-state index in [1.165, 1.54) is 0 Å². The van der Waals surface area contributed by atoms with Crippen LogP contribution in [0.5, 0.6) is 5.75 Å². The zero-order chi connectivity index (χ0) is 21.5. The Morgan fingerprint density at radius 3 is 2.52 bits per heavy atom. The molecule has 0 fully saturated rings. The van der Waals surface area contributed by atoms with Gasteiger partial charge < -0.3 is 4.74 Å². The molecule has 0 spiro atoms. The Kier molecular flexibility index (Phi) is 6.75. The number of fused-ring (bicyclic) bond motifs is 1. The van der Waals surface area contributed by atoms with E-state index in [-0.39, 0.29) is 12.3 Å². The van der Waals surface area contributed by atoms with Gasteiger partial charge in [0.1, 0.15) is 12.4 Å². The molecule has 0 bridgehead atoms. The first-order chi connectivity index (χ1) is 15.2. The molecule has 0 heterocycles. The number of hydrogen-bond acceptors (Lipinski definition) is 3. The van der Waals surface area contributed by atoms with E-state index in [1.807, 2.05) is 91.0 Å². The van der Waals surface area contributed by atoms with Crippen molar-refractivity contribution >= 4 is 38.8 Å². The molecule has 4 aromatic carbocycles. The Bertz CT molecular complexity index is 1220. The lowest BCUT2D eigenvalue weighted by molar-refractivity contribution is -0.120. The molecule has 0 atom stereocenters. The molecule has 5 heteroatoms. The van der Waals surface area contributed by atoms with Crippen LogP contribution >= 0.6 is 15.9 Å². The minimum absolute atomic E-state index is 0.166. The fourth-order valence-corrected chi connectivity index (χ4v) is 3.77. The lowest BCUT2D eigenvalue weighted by Crippen LogP contribution is -2.19. The van der Waals surface area contributed by atoms with Crippen LogP contribution in [0.2, 0.25) is 0 Å². The van der Waals surface area contributed by atoms with Crippen LogP contribution in [0.15, 0.2) is 101 Å². The molecule has 4 rings (SSSR count). The predicted octanol–water partition coefficient (Wildman–Crippen LogP) is 5.87. The van der Waals surface area contributed by atoms with Gasteiger partial charge in [0.25, 0.3) is 0 Å². The van der Waals surface area contributed by atoms with Gasteiger partial charge in [0, 0.05) is 4.47 Å². The maximum absolute atomic E-state index is 12.4. The van der Waals surface area contributed by atoms with E-state index in [9.17, 15) is 4.79 Å². The summed E-state index contributed by atoms with van der Waals surface area (Å²) in [6.07, 6.45) is 1.87. The monoisotopic (exact) mass is 472 g/mol. The van der Waals surface area contributed by atoms with E-state index in [1.54, 1.807) is 6.21 Å². The van der Waals surface area contributed by atoms with Crippen molar-refractivity contribution < 1.29 is 9.53 Å². The quantitative estimate of drug-likeness (QED) is 0.270. The Hall–Kier alpha value is -3.44. The van der Waals surface area contributed by atoms with Gasteiger partial charge in [-0.1, -0.05) is 88.7 Å². The highest BCUT2D eigenvalue weighted by molar-refractivity contribution is 9.10. The summed E-state index contributed by atoms with van der Waals surface area (Å²) in [6, 6.07) is 29.5. The van der Waals surface area contributed by atoms with Crippen LogP contribution in [-0.4, -0.2) is 12.1 Å². The van der Waals surface area contributed by atoms with Crippen LogP contribution < -0.4 is 10.2 Å². The van der Waals surface area contributed by atoms with Gasteiger partial charge >= 0.3 is 0 Å². The standard InChI is InChI=1S/C26H21BrN2O2/c27-25-14-13-21(23-11-4-5-12-24(23)25)16-26(30)29-28-17-20-9-6-10-22(15-20)31-18-19-7-2-1-3-8-19/h1-15,17H,16,18H2,(H,29,30). The fraction of sp³-hybridized carbons (Fsp3) is 0.0769. The van der Waals surface area contributed by atoms with Crippen LogP contribution in [0, 0.1) is 0 Å². The van der Waals surface area contributed by atoms with Gasteiger partial charge in [-0.05, 0) is 45.7 Å². The number of halogens is 1. The molecule has 0 aliphatic carbocycles. The molecule has 0 unspecified atom stereocenters. The predicted molar refractivity (Wildman–Crippen MR) is 128 cm³/mol. The Morgan fingerprint density at radius 1 is 0.903 bits per heavy atom. The average molecular weight is 473 g/mol. The molecule has 1 amide bonds. The molecule has 1 N–H and O–H groups in total. The second kappa shape index (κ2) is 10.0. The molecule has 0 radical (unpaired) electrons. The minimum Gasteiger partial charge on any atom is -0.489 e. The molecule has 0 saturated carbocycles. The summed E-state index contributed by atoms with van der Waals surface area (Å²) >= 11 is 3.56. The van der Waals surface area contributed by atoms with E-state index in [4.69, 9.17) is 4.74 Å². The first-order valence-corrected chi connectivity index (χ1v) is 10.7. The Morgan fingerprint density at radius 2 is 1.68 bits per heavy atom. The number of carbonyl (C=O) groups excluding carboxylic acids is 1. The average Bonchev–Trinajstić information content (AvgIpc) is 2.81. The van der Waals surface area contributed by atoms with Gasteiger partial charge in [0.05, 0.1) is 12.6 Å². The number of carbonyl (C=O) groups is 1. The van der Waals surface area contributed by atoms with E-state index in [0.29, 0.717) is 6.61 Å². The number of hydrogen-bond donors (Lipinski definition) is 1. The molecule has 4 aromatic rings. The van der Waals surface area contributed by atoms with Gasteiger partial charge in [-0.2, -0.15) is 5.10 Å². The molecule has 31 heavy (non-hydrogen) atoms. The lowest BCUT2D eigenvalue weighted by Gasteiger charge is -2.08. The second-order valence-electron chi connectivity index (χ2n) is 7.07. The van der Waals surface area contributed by atoms with E-state index >= 15 is 0 Å². The van der Waals surface area contributed by atoms with Gasteiger partial charge in [-0.3, -0.25) is 4.79 Å². The summed E-state index contributed by atoms with van der Waals surface area (Å²) in [7, 11) is 0. The summed E-state index contributed by atoms with van der Waals surface area (Å²) < 4.78 is 6.85. The number of hydrazone groups is 1. The number of benzene rings is 4. The highest BCUT2D eigenvalue weighted by Crippen LogP contribution is 2.27. The molecule has 0 aliphatic heterocycles. The smallest absolute Gasteiger partial charge is 0.244 e. The topological polar surface area (TPSA) is 50.7 Å². The zero-order valence-electron chi connectivity index (χ0n) is 16.8. The number of amides is 1. The van der Waals surface area contributed by atoms with Crippen LogP contribution in [0.1, 0.15) is 16.7 Å². The van der Waals surface area contributed by atoms with Crippen molar-refractivity contribution in [1.82, 2.24) is 5.43 Å². The van der Waals surface area contributed by atoms with Crippen molar-refractivity contribution in [1.29, 1.82) is 0 Å². The molecular weight excluding hydrogens is 452 g/mol. The maximum Gasteiger partial charge on any atom is 0.244 e. The molecule has 0 aromatic heterocycles. The SMILES string of the molecule is O=C(Cc1ccc(Br)c2ccccc12)NN=Cc1cccc(OCc2ccccc2)c1. The third kappa shape index (κ3) is 5.58. The third-order valence-corrected chi connectivity index (χ3v) is 5.51. The highest BCUT2D eigenvalue weighted by Gasteiger charge is 2.08. The van der Waals surface area contributed by atoms with E-state index < -0.39 is 0 Å². The van der Waals surface area contributed by atoms with Crippen molar-refractivity contribution in [2.24, 2.45) is 5.10 Å². The summed E-state index contributed by atoms with van der Waals surface area (Å²) in [4.78, 5) is 12.4. The molecular formula is C26H21BrN2O2. The number of nitrogens with zero attached hydrogens (tertiary/aromatic N) is 1. The number of ether oxygens (including phenoxy) is 1. The minimum atomic E-state index is -0.166. The van der Waals surface area contributed by atoms with Crippen molar-refractivity contribution in [3.8, 4) is 5.75 Å². The molecule has 0 aliphatic rings. The van der Waals surface area contributed by atoms with Gasteiger partial charge in [-0.25, -0.2) is 5.43 Å². The third-order valence-electron chi connectivity index (χ3n) is 4.82. The Labute approximate surface area is 189 Å². The maximum atomic E-state index is 12.4. The van der Waals surface area contributed by atoms with Crippen LogP contribution in [0.4, 0.5) is 0 Å². The molecule has 154 valence electrons. The van der Waals surface area contributed by atoms with Gasteiger partial charge in [-0.15, -0.1) is 0 Å². The van der Waals surface area contributed by atoms with Crippen molar-refractivity contribution in [2.75, 3.05) is 0 Å². The summed E-state index contributed by atoms with van der Waals surface area (Å²) in [5, 5.41) is 6.25. The molecule has 0 saturated heterocycles. The first kappa shape index (κ1) is 20.8. The van der Waals surface area contributed by atoms with Crippen molar-refractivity contribution in [3.05, 3.63) is 112 Å². The first-order valence-electron chi connectivity index (χ1n) is 9.94. The Balaban J connectivity index is 1.36. The van der Waals surface area contributed by atoms with Gasteiger partial charge in [0.15, 0.2) is 0 Å². The van der Waals surface area contributed by atoms with E-state index in [2.05, 4.69) is 26.5 Å². The highest BCUT2D eigenvalue weighted by atomic mass is 79.9. The van der Waals surface area contributed by atoms with Crippen LogP contribution in [0.3, 0.4) is 0 Å². The zero-order valence-corrected chi connectivity index (χ0v) is 18.4. The van der Waals surface area contributed by atoms with Gasteiger partial charge in [0.2, 0.25) is 5.91 Å². The van der Waals surface area contributed by atoms with Crippen molar-refractivity contribution in [3.63, 3.8) is 0 Å². The summed E-state index contributed by atoms with van der Waals surface area (Å²) in [5.41, 5.74) is 5.53. The molecule has 4 nitrogen and oxygen atoms in total. The number of nitrogens with one attached hydrogen (secondary N) is 1. The van der Waals surface area contributed by atoms with Crippen LogP contribution in [-0.2, 0) is 17.8 Å². The second-order valence-corrected chi connectivity index (χ2v) is 7.92. The van der Waals surface area contributed by atoms with Crippen molar-refractivity contribution in [2.45, 2.75) is 13.0 Å². The van der Waals surface area contributed by atoms with Crippen LogP contribution in [0.25, 0.3) is 10.8 Å². The number of rotatable bonds is 7. The lowest BCUT2D eigenvalue weighted by atomic mass is 10.0. The summed E-state index contributed by atoms with van der Waals surface area (Å²) in [5.74, 6) is 0.584.